The molecule has 0 spiro atoms. The molecule has 0 fully saturated rings. The van der Waals surface area contributed by atoms with Crippen molar-refractivity contribution >= 4 is 23.4 Å². The van der Waals surface area contributed by atoms with E-state index >= 15 is 0 Å². The number of hydrogen-bond donors (Lipinski definition) is 1. The monoisotopic (exact) mass is 363 g/mol. The van der Waals surface area contributed by atoms with Gasteiger partial charge in [0.15, 0.2) is 5.82 Å². The molecular weight excluding hydrogens is 349 g/mol. The molecule has 0 saturated carbocycles. The van der Waals surface area contributed by atoms with Crippen molar-refractivity contribution in [3.63, 3.8) is 0 Å². The Hall–Kier alpha value is -2.05. The number of rotatable bonds is 5. The van der Waals surface area contributed by atoms with Crippen LogP contribution in [0.2, 0.25) is 5.02 Å². The van der Waals surface area contributed by atoms with E-state index < -0.39 is 0 Å². The molecule has 3 rings (SSSR count). The lowest BCUT2D eigenvalue weighted by molar-refractivity contribution is 0.416. The Morgan fingerprint density at radius 2 is 1.96 bits per heavy atom. The lowest BCUT2D eigenvalue weighted by Crippen LogP contribution is -1.90. The van der Waals surface area contributed by atoms with Gasteiger partial charge in [-0.25, -0.2) is 9.37 Å². The van der Waals surface area contributed by atoms with Crippen molar-refractivity contribution in [1.82, 2.24) is 15.2 Å². The second-order valence-corrected chi connectivity index (χ2v) is 6.87. The third kappa shape index (κ3) is 3.71. The average Bonchev–Trinajstić information content (AvgIpc) is 3.03. The van der Waals surface area contributed by atoms with Crippen LogP contribution in [0, 0.1) is 5.82 Å². The number of nitrogens with zero attached hydrogens (tertiary/aromatic N) is 2. The number of nitrogens with one attached hydrogen (secondary N) is 1. The number of ether oxygens (including phenoxy) is 1. The molecule has 24 heavy (non-hydrogen) atoms. The Labute approximate surface area is 148 Å². The summed E-state index contributed by atoms with van der Waals surface area (Å²) in [5, 5.41) is 8.43. The van der Waals surface area contributed by atoms with Crippen LogP contribution in [0.4, 0.5) is 4.39 Å². The Morgan fingerprint density at radius 1 is 1.21 bits per heavy atom. The van der Waals surface area contributed by atoms with Crippen LogP contribution in [0.15, 0.2) is 47.6 Å². The van der Waals surface area contributed by atoms with Crippen molar-refractivity contribution in [2.24, 2.45) is 0 Å². The molecule has 1 heterocycles. The summed E-state index contributed by atoms with van der Waals surface area (Å²) in [7, 11) is 1.59. The van der Waals surface area contributed by atoms with Crippen LogP contribution in [0.1, 0.15) is 17.7 Å². The van der Waals surface area contributed by atoms with Crippen molar-refractivity contribution in [2.75, 3.05) is 7.11 Å². The molecular formula is C17H15ClFN3OS. The highest BCUT2D eigenvalue weighted by atomic mass is 35.5. The highest BCUT2D eigenvalue weighted by molar-refractivity contribution is 7.99. The fraction of sp³-hybridized carbons (Fsp3) is 0.176. The Morgan fingerprint density at radius 3 is 2.67 bits per heavy atom. The Kier molecular flexibility index (Phi) is 5.06. The maximum Gasteiger partial charge on any atom is 0.209 e. The number of thioether (sulfide) groups is 1. The predicted molar refractivity (Wildman–Crippen MR) is 94.1 cm³/mol. The summed E-state index contributed by atoms with van der Waals surface area (Å²) in [4.78, 5) is 4.50. The van der Waals surface area contributed by atoms with E-state index in [2.05, 4.69) is 15.2 Å². The molecule has 0 amide bonds. The fourth-order valence-corrected chi connectivity index (χ4v) is 3.27. The van der Waals surface area contributed by atoms with E-state index in [4.69, 9.17) is 16.3 Å². The van der Waals surface area contributed by atoms with Crippen LogP contribution in [0.5, 0.6) is 5.75 Å². The number of methoxy groups -OCH3 is 1. The number of hydrogen-bond acceptors (Lipinski definition) is 4. The van der Waals surface area contributed by atoms with Gasteiger partial charge in [0.2, 0.25) is 5.16 Å². The van der Waals surface area contributed by atoms with E-state index in [1.807, 2.05) is 6.92 Å². The number of aromatic amines is 1. The summed E-state index contributed by atoms with van der Waals surface area (Å²) in [5.74, 6) is 1.01. The molecule has 1 aromatic heterocycles. The van der Waals surface area contributed by atoms with E-state index in [1.165, 1.54) is 23.9 Å². The van der Waals surface area contributed by atoms with Gasteiger partial charge in [0, 0.05) is 10.3 Å². The van der Waals surface area contributed by atoms with Gasteiger partial charge in [0.25, 0.3) is 0 Å². The van der Waals surface area contributed by atoms with Crippen molar-refractivity contribution in [2.45, 2.75) is 17.3 Å². The third-order valence-electron chi connectivity index (χ3n) is 3.50. The first kappa shape index (κ1) is 16.8. The Bertz CT molecular complexity index is 838. The van der Waals surface area contributed by atoms with Gasteiger partial charge < -0.3 is 4.74 Å². The van der Waals surface area contributed by atoms with E-state index in [9.17, 15) is 4.39 Å². The molecule has 4 nitrogen and oxygen atoms in total. The zero-order valence-electron chi connectivity index (χ0n) is 13.1. The highest BCUT2D eigenvalue weighted by Crippen LogP contribution is 2.35. The van der Waals surface area contributed by atoms with Crippen molar-refractivity contribution in [3.8, 4) is 17.1 Å². The zero-order valence-corrected chi connectivity index (χ0v) is 14.7. The lowest BCUT2D eigenvalue weighted by Gasteiger charge is -2.08. The maximum absolute atomic E-state index is 13.0. The first-order valence-electron chi connectivity index (χ1n) is 7.25. The fourth-order valence-electron chi connectivity index (χ4n) is 2.24. The molecule has 0 aliphatic rings. The normalized spacial score (nSPS) is 12.2. The topological polar surface area (TPSA) is 50.8 Å². The van der Waals surface area contributed by atoms with Crippen molar-refractivity contribution < 1.29 is 9.13 Å². The number of H-pyrrole nitrogens is 1. The molecule has 0 bridgehead atoms. The van der Waals surface area contributed by atoms with Gasteiger partial charge >= 0.3 is 0 Å². The van der Waals surface area contributed by atoms with Crippen LogP contribution in [-0.4, -0.2) is 22.3 Å². The average molecular weight is 364 g/mol. The van der Waals surface area contributed by atoms with Gasteiger partial charge in [0.1, 0.15) is 11.6 Å². The van der Waals surface area contributed by atoms with Crippen molar-refractivity contribution in [1.29, 1.82) is 0 Å². The summed E-state index contributed by atoms with van der Waals surface area (Å²) in [6, 6.07) is 11.7. The molecule has 1 unspecified atom stereocenters. The van der Waals surface area contributed by atoms with Crippen molar-refractivity contribution in [3.05, 3.63) is 58.9 Å². The molecule has 0 aliphatic heterocycles. The zero-order chi connectivity index (χ0) is 17.1. The molecule has 1 atom stereocenters. The minimum absolute atomic E-state index is 0.0931. The van der Waals surface area contributed by atoms with Gasteiger partial charge in [0.05, 0.1) is 12.7 Å². The summed E-state index contributed by atoms with van der Waals surface area (Å²) >= 11 is 7.54. The molecule has 3 aromatic rings. The van der Waals surface area contributed by atoms with Crippen LogP contribution in [0.25, 0.3) is 11.4 Å². The molecule has 7 heteroatoms. The quantitative estimate of drug-likeness (QED) is 0.639. The standard InChI is InChI=1S/C17H15ClFN3OS/c1-10(11-3-6-13(19)7-4-11)24-17-20-16(21-22-17)14-9-12(18)5-8-15(14)23-2/h3-10H,1-2H3,(H,20,21,22). The second-order valence-electron chi connectivity index (χ2n) is 5.12. The summed E-state index contributed by atoms with van der Waals surface area (Å²) in [6.45, 7) is 2.02. The van der Waals surface area contributed by atoms with E-state index in [0.717, 1.165) is 11.1 Å². The molecule has 0 saturated heterocycles. The smallest absolute Gasteiger partial charge is 0.209 e. The lowest BCUT2D eigenvalue weighted by atomic mass is 10.2. The van der Waals surface area contributed by atoms with Gasteiger partial charge in [-0.2, -0.15) is 0 Å². The van der Waals surface area contributed by atoms with Crippen LogP contribution in [0.3, 0.4) is 0 Å². The number of benzene rings is 2. The molecule has 1 N–H and O–H groups in total. The molecule has 0 aliphatic carbocycles. The van der Waals surface area contributed by atoms with E-state index in [0.29, 0.717) is 21.8 Å². The minimum Gasteiger partial charge on any atom is -0.496 e. The van der Waals surface area contributed by atoms with Crippen LogP contribution < -0.4 is 4.74 Å². The summed E-state index contributed by atoms with van der Waals surface area (Å²) in [6.07, 6.45) is 0. The first-order valence-corrected chi connectivity index (χ1v) is 8.51. The van der Waals surface area contributed by atoms with E-state index in [1.54, 1.807) is 37.4 Å². The maximum atomic E-state index is 13.0. The highest BCUT2D eigenvalue weighted by Gasteiger charge is 2.15. The second kappa shape index (κ2) is 7.23. The molecule has 124 valence electrons. The molecule has 0 radical (unpaired) electrons. The Balaban J connectivity index is 1.81. The summed E-state index contributed by atoms with van der Waals surface area (Å²) < 4.78 is 18.3. The summed E-state index contributed by atoms with van der Waals surface area (Å²) in [5.41, 5.74) is 1.76. The third-order valence-corrected chi connectivity index (χ3v) is 4.76. The van der Waals surface area contributed by atoms with Gasteiger partial charge in [-0.1, -0.05) is 35.5 Å². The van der Waals surface area contributed by atoms with Gasteiger partial charge in [-0.15, -0.1) is 5.10 Å². The van der Waals surface area contributed by atoms with Gasteiger partial charge in [-0.3, -0.25) is 5.10 Å². The minimum atomic E-state index is -0.246. The number of halogens is 2. The molecule has 2 aromatic carbocycles. The van der Waals surface area contributed by atoms with Gasteiger partial charge in [-0.05, 0) is 42.8 Å². The van der Waals surface area contributed by atoms with Crippen LogP contribution in [-0.2, 0) is 0 Å². The first-order chi connectivity index (χ1) is 11.6. The predicted octanol–water partition coefficient (Wildman–Crippen LogP) is 5.13. The SMILES string of the molecule is COc1ccc(Cl)cc1-c1nc(SC(C)c2ccc(F)cc2)n[nH]1. The largest absolute Gasteiger partial charge is 0.496 e. The van der Waals surface area contributed by atoms with E-state index in [-0.39, 0.29) is 11.1 Å². The van der Waals surface area contributed by atoms with Crippen LogP contribution >= 0.6 is 23.4 Å². The number of aromatic nitrogens is 3.